The van der Waals surface area contributed by atoms with Gasteiger partial charge in [-0.15, -0.1) is 0 Å². The summed E-state index contributed by atoms with van der Waals surface area (Å²) >= 11 is 0. The number of benzene rings is 1. The van der Waals surface area contributed by atoms with E-state index in [1.807, 2.05) is 9.80 Å². The van der Waals surface area contributed by atoms with Crippen molar-refractivity contribution in [1.29, 1.82) is 5.26 Å². The van der Waals surface area contributed by atoms with E-state index in [0.717, 1.165) is 24.8 Å². The van der Waals surface area contributed by atoms with E-state index >= 15 is 0 Å². The van der Waals surface area contributed by atoms with Gasteiger partial charge >= 0.3 is 6.18 Å². The zero-order chi connectivity index (χ0) is 27.2. The number of halogens is 3. The Morgan fingerprint density at radius 2 is 2.05 bits per heavy atom. The number of hydrogen-bond donors (Lipinski definition) is 1. The van der Waals surface area contributed by atoms with E-state index in [2.05, 4.69) is 11.4 Å². The summed E-state index contributed by atoms with van der Waals surface area (Å²) < 4.78 is 45.3. The zero-order valence-corrected chi connectivity index (χ0v) is 21.7. The fraction of sp³-hybridized carbons (Fsp3) is 0.679. The molecule has 1 amide bonds. The molecule has 1 aromatic rings. The van der Waals surface area contributed by atoms with Gasteiger partial charge in [0.25, 0.3) is 0 Å². The summed E-state index contributed by atoms with van der Waals surface area (Å²) in [6.07, 6.45) is 3.88. The maximum Gasteiger partial charge on any atom is 0.416 e. The van der Waals surface area contributed by atoms with Crippen molar-refractivity contribution in [2.75, 3.05) is 32.8 Å². The van der Waals surface area contributed by atoms with E-state index in [-0.39, 0.29) is 31.5 Å². The first-order valence-electron chi connectivity index (χ1n) is 13.6. The first-order valence-corrected chi connectivity index (χ1v) is 13.6. The highest BCUT2D eigenvalue weighted by molar-refractivity contribution is 5.85. The summed E-state index contributed by atoms with van der Waals surface area (Å²) in [5, 5.41) is 12.9. The van der Waals surface area contributed by atoms with Gasteiger partial charge in [0.1, 0.15) is 11.8 Å². The summed E-state index contributed by atoms with van der Waals surface area (Å²) in [6.45, 7) is 2.51. The fourth-order valence-corrected chi connectivity index (χ4v) is 6.14. The van der Waals surface area contributed by atoms with Crippen LogP contribution in [0.2, 0.25) is 0 Å². The molecule has 3 atom stereocenters. The Kier molecular flexibility index (Phi) is 9.45. The first-order chi connectivity index (χ1) is 18.2. The number of carbonyl (C=O) groups excluding carboxylic acids is 2. The molecule has 0 spiro atoms. The lowest BCUT2D eigenvalue weighted by Crippen LogP contribution is -2.58. The minimum Gasteiger partial charge on any atom is -0.376 e. The predicted molar refractivity (Wildman–Crippen MR) is 135 cm³/mol. The number of morpholine rings is 1. The highest BCUT2D eigenvalue weighted by Gasteiger charge is 2.42. The van der Waals surface area contributed by atoms with Gasteiger partial charge in [0, 0.05) is 39.1 Å². The standard InChI is InChI=1S/C28H37F3N4O3/c29-28(30,31)23-8-4-7-22(15-23)17-34-11-10-27(19-32,20-34)33-26(37)25(9-13-36)35-12-14-38-24(18-35)16-21-5-2-1-3-6-21/h4,7-8,13,15,21,24-25H,1-3,5-6,9-12,14,16-18,20H2,(H,33,37). The summed E-state index contributed by atoms with van der Waals surface area (Å²) in [4.78, 5) is 28.8. The lowest BCUT2D eigenvalue weighted by Gasteiger charge is -2.39. The van der Waals surface area contributed by atoms with Gasteiger partial charge in [0.05, 0.1) is 30.4 Å². The van der Waals surface area contributed by atoms with Crippen LogP contribution in [-0.4, -0.2) is 72.5 Å². The summed E-state index contributed by atoms with van der Waals surface area (Å²) in [6, 6.07) is 6.71. The van der Waals surface area contributed by atoms with Crippen LogP contribution in [0.25, 0.3) is 0 Å². The molecule has 2 saturated heterocycles. The predicted octanol–water partition coefficient (Wildman–Crippen LogP) is 3.92. The topological polar surface area (TPSA) is 85.7 Å². The van der Waals surface area contributed by atoms with Crippen LogP contribution in [0.5, 0.6) is 0 Å². The molecule has 1 aromatic carbocycles. The fourth-order valence-electron chi connectivity index (χ4n) is 6.14. The van der Waals surface area contributed by atoms with Crippen molar-refractivity contribution >= 4 is 12.2 Å². The highest BCUT2D eigenvalue weighted by Crippen LogP contribution is 2.31. The third-order valence-corrected chi connectivity index (χ3v) is 8.14. The second kappa shape index (κ2) is 12.6. The van der Waals surface area contributed by atoms with Gasteiger partial charge in [-0.3, -0.25) is 14.6 Å². The van der Waals surface area contributed by atoms with Crippen LogP contribution in [0.3, 0.4) is 0 Å². The van der Waals surface area contributed by atoms with Crippen molar-refractivity contribution in [3.05, 3.63) is 35.4 Å². The minimum atomic E-state index is -4.42. The molecule has 1 N–H and O–H groups in total. The van der Waals surface area contributed by atoms with Gasteiger partial charge in [0.15, 0.2) is 0 Å². The highest BCUT2D eigenvalue weighted by atomic mass is 19.4. The SMILES string of the molecule is N#CC1(NC(=O)C(CC=O)N2CCOC(CC3CCCCC3)C2)CCN(Cc2cccc(C(F)(F)F)c2)C1. The monoisotopic (exact) mass is 534 g/mol. The minimum absolute atomic E-state index is 0.0214. The van der Waals surface area contributed by atoms with Crippen LogP contribution >= 0.6 is 0 Å². The Hall–Kier alpha value is -2.48. The number of hydrogen-bond acceptors (Lipinski definition) is 6. The number of nitriles is 1. The zero-order valence-electron chi connectivity index (χ0n) is 21.7. The number of alkyl halides is 3. The van der Waals surface area contributed by atoms with Gasteiger partial charge < -0.3 is 14.8 Å². The lowest BCUT2D eigenvalue weighted by atomic mass is 9.85. The molecule has 0 bridgehead atoms. The van der Waals surface area contributed by atoms with Crippen molar-refractivity contribution in [3.8, 4) is 6.07 Å². The van der Waals surface area contributed by atoms with E-state index < -0.39 is 23.3 Å². The molecule has 1 aliphatic carbocycles. The molecule has 0 radical (unpaired) electrons. The smallest absolute Gasteiger partial charge is 0.376 e. The van der Waals surface area contributed by atoms with E-state index in [9.17, 15) is 28.0 Å². The second-order valence-corrected chi connectivity index (χ2v) is 11.0. The van der Waals surface area contributed by atoms with E-state index in [1.165, 1.54) is 38.2 Å². The summed E-state index contributed by atoms with van der Waals surface area (Å²) in [5.74, 6) is 0.271. The number of ether oxygens (including phenoxy) is 1. The van der Waals surface area contributed by atoms with Gasteiger partial charge in [-0.2, -0.15) is 18.4 Å². The molecule has 2 aliphatic heterocycles. The lowest BCUT2D eigenvalue weighted by molar-refractivity contribution is -0.137. The van der Waals surface area contributed by atoms with Gasteiger partial charge in [-0.1, -0.05) is 50.3 Å². The molecule has 3 unspecified atom stereocenters. The van der Waals surface area contributed by atoms with Crippen LogP contribution in [-0.2, 0) is 27.0 Å². The van der Waals surface area contributed by atoms with Gasteiger partial charge in [0.2, 0.25) is 5.91 Å². The molecular weight excluding hydrogens is 497 g/mol. The number of likely N-dealkylation sites (tertiary alicyclic amines) is 1. The van der Waals surface area contributed by atoms with Crippen LogP contribution in [0.4, 0.5) is 13.2 Å². The molecule has 38 heavy (non-hydrogen) atoms. The normalized spacial score (nSPS) is 26.5. The number of carbonyl (C=O) groups is 2. The average Bonchev–Trinajstić information content (AvgIpc) is 3.30. The number of nitrogens with one attached hydrogen (secondary N) is 1. The third kappa shape index (κ3) is 7.33. The Morgan fingerprint density at radius 3 is 2.76 bits per heavy atom. The number of nitrogens with zero attached hydrogens (tertiary/aromatic N) is 3. The molecular formula is C28H37F3N4O3. The van der Waals surface area contributed by atoms with Gasteiger partial charge in [-0.25, -0.2) is 0 Å². The summed E-state index contributed by atoms with van der Waals surface area (Å²) in [7, 11) is 0. The Morgan fingerprint density at radius 1 is 1.26 bits per heavy atom. The molecule has 0 aromatic heterocycles. The molecule has 3 aliphatic rings. The number of rotatable bonds is 9. The Balaban J connectivity index is 1.37. The second-order valence-electron chi connectivity index (χ2n) is 11.0. The maximum absolute atomic E-state index is 13.4. The Bertz CT molecular complexity index is 1010. The maximum atomic E-state index is 13.4. The van der Waals surface area contributed by atoms with Crippen LogP contribution in [0.15, 0.2) is 24.3 Å². The molecule has 3 fully saturated rings. The van der Waals surface area contributed by atoms with Crippen LogP contribution in [0.1, 0.15) is 62.5 Å². The molecule has 1 saturated carbocycles. The largest absolute Gasteiger partial charge is 0.416 e. The van der Waals surface area contributed by atoms with Crippen molar-refractivity contribution in [3.63, 3.8) is 0 Å². The van der Waals surface area contributed by atoms with Crippen LogP contribution in [0, 0.1) is 17.2 Å². The first kappa shape index (κ1) is 28.5. The number of aldehydes is 1. The van der Waals surface area contributed by atoms with E-state index in [4.69, 9.17) is 4.74 Å². The molecule has 4 rings (SSSR count). The van der Waals surface area contributed by atoms with E-state index in [0.29, 0.717) is 44.1 Å². The van der Waals surface area contributed by atoms with Crippen molar-refractivity contribution in [2.24, 2.45) is 5.92 Å². The van der Waals surface area contributed by atoms with Crippen molar-refractivity contribution in [2.45, 2.75) is 81.8 Å². The third-order valence-electron chi connectivity index (χ3n) is 8.14. The van der Waals surface area contributed by atoms with Crippen molar-refractivity contribution in [1.82, 2.24) is 15.1 Å². The molecule has 208 valence electrons. The molecule has 10 heteroatoms. The quantitative estimate of drug-likeness (QED) is 0.484. The Labute approximate surface area is 222 Å². The van der Waals surface area contributed by atoms with Crippen molar-refractivity contribution < 1.29 is 27.5 Å². The molecule has 7 nitrogen and oxygen atoms in total. The van der Waals surface area contributed by atoms with Crippen LogP contribution < -0.4 is 5.32 Å². The molecule has 2 heterocycles. The summed E-state index contributed by atoms with van der Waals surface area (Å²) in [5.41, 5.74) is -1.37. The average molecular weight is 535 g/mol. The van der Waals surface area contributed by atoms with Gasteiger partial charge in [-0.05, 0) is 30.4 Å². The number of amides is 1. The van der Waals surface area contributed by atoms with E-state index in [1.54, 1.807) is 6.07 Å².